The van der Waals surface area contributed by atoms with Crippen LogP contribution in [-0.4, -0.2) is 17.2 Å². The molecule has 1 heterocycles. The summed E-state index contributed by atoms with van der Waals surface area (Å²) in [6.07, 6.45) is 0.280. The Labute approximate surface area is 68.8 Å². The Bertz CT molecular complexity index is 225. The van der Waals surface area contributed by atoms with E-state index in [2.05, 4.69) is 9.72 Å². The van der Waals surface area contributed by atoms with Crippen LogP contribution in [0, 0.1) is 0 Å². The molecule has 0 aromatic carbocycles. The molecule has 0 saturated heterocycles. The smallest absolute Gasteiger partial charge is 0.209 e. The van der Waals surface area contributed by atoms with Crippen LogP contribution in [0.1, 0.15) is 17.9 Å². The van der Waals surface area contributed by atoms with E-state index in [9.17, 15) is 0 Å². The topological polar surface area (TPSA) is 55.5 Å². The van der Waals surface area contributed by atoms with Crippen molar-refractivity contribution in [2.75, 3.05) is 7.11 Å². The van der Waals surface area contributed by atoms with Gasteiger partial charge in [-0.05, 0) is 0 Å². The van der Waals surface area contributed by atoms with Crippen molar-refractivity contribution in [2.45, 2.75) is 12.2 Å². The van der Waals surface area contributed by atoms with E-state index < -0.39 is 6.29 Å². The summed E-state index contributed by atoms with van der Waals surface area (Å²) in [5.74, 6) is 0.564. The summed E-state index contributed by atoms with van der Waals surface area (Å²) in [6, 6.07) is 0. The third-order valence-electron chi connectivity index (χ3n) is 1.16. The van der Waals surface area contributed by atoms with Gasteiger partial charge in [-0.1, -0.05) is 0 Å². The van der Waals surface area contributed by atoms with Crippen LogP contribution in [-0.2, 0) is 10.6 Å². The van der Waals surface area contributed by atoms with Gasteiger partial charge in [0.1, 0.15) is 12.0 Å². The van der Waals surface area contributed by atoms with Crippen molar-refractivity contribution in [3.63, 3.8) is 0 Å². The molecule has 0 spiro atoms. The second-order valence-electron chi connectivity index (χ2n) is 1.89. The maximum Gasteiger partial charge on any atom is 0.209 e. The quantitative estimate of drug-likeness (QED) is 0.554. The minimum atomic E-state index is -1.03. The molecule has 0 aliphatic heterocycles. The van der Waals surface area contributed by atoms with Gasteiger partial charge in [-0.25, -0.2) is 4.98 Å². The van der Waals surface area contributed by atoms with Crippen molar-refractivity contribution in [1.82, 2.24) is 4.98 Å². The summed E-state index contributed by atoms with van der Waals surface area (Å²) in [5.41, 5.74) is 0.336. The predicted octanol–water partition coefficient (Wildman–Crippen LogP) is 1.05. The van der Waals surface area contributed by atoms with Crippen molar-refractivity contribution in [2.24, 2.45) is 0 Å². The molecular formula is C6H8ClNO3. The molecule has 11 heavy (non-hydrogen) atoms. The van der Waals surface area contributed by atoms with Gasteiger partial charge >= 0.3 is 0 Å². The van der Waals surface area contributed by atoms with Crippen molar-refractivity contribution in [3.8, 4) is 0 Å². The molecule has 1 N–H and O–H groups in total. The molecule has 62 valence electrons. The fourth-order valence-corrected chi connectivity index (χ4v) is 0.743. The highest BCUT2D eigenvalue weighted by molar-refractivity contribution is 6.16. The molecule has 0 saturated carbocycles. The molecule has 4 nitrogen and oxygen atoms in total. The predicted molar refractivity (Wildman–Crippen MR) is 38.0 cm³/mol. The second-order valence-corrected chi connectivity index (χ2v) is 2.16. The first-order valence-corrected chi connectivity index (χ1v) is 3.52. The van der Waals surface area contributed by atoms with Crippen LogP contribution in [0.15, 0.2) is 10.7 Å². The maximum atomic E-state index is 9.05. The molecule has 1 unspecified atom stereocenters. The number of halogens is 1. The number of aromatic nitrogens is 1. The van der Waals surface area contributed by atoms with Gasteiger partial charge in [0.2, 0.25) is 12.2 Å². The Balaban J connectivity index is 2.71. The molecule has 0 aliphatic carbocycles. The summed E-state index contributed by atoms with van der Waals surface area (Å²) < 4.78 is 9.44. The Morgan fingerprint density at radius 3 is 3.09 bits per heavy atom. The number of nitrogens with zero attached hydrogens (tertiary/aromatic N) is 1. The molecule has 1 aromatic rings. The summed E-state index contributed by atoms with van der Waals surface area (Å²) in [5, 5.41) is 9.05. The standard InChI is InChI=1S/C6H8ClNO3/c1-10-6(9)4-3-11-5(2-7)8-4/h3,6,9H,2H2,1H3. The van der Waals surface area contributed by atoms with Crippen molar-refractivity contribution >= 4 is 11.6 Å². The SMILES string of the molecule is COC(O)c1coc(CCl)n1. The fourth-order valence-electron chi connectivity index (χ4n) is 0.621. The highest BCUT2D eigenvalue weighted by Crippen LogP contribution is 2.13. The second kappa shape index (κ2) is 3.71. The molecule has 0 radical (unpaired) electrons. The molecule has 1 aromatic heterocycles. The van der Waals surface area contributed by atoms with Gasteiger partial charge in [0, 0.05) is 7.11 Å². The summed E-state index contributed by atoms with van der Waals surface area (Å²) >= 11 is 5.41. The van der Waals surface area contributed by atoms with Gasteiger partial charge in [0.25, 0.3) is 0 Å². The lowest BCUT2D eigenvalue weighted by Crippen LogP contribution is -1.99. The molecule has 5 heteroatoms. The first kappa shape index (κ1) is 8.52. The first-order chi connectivity index (χ1) is 5.27. The number of hydrogen-bond donors (Lipinski definition) is 1. The van der Waals surface area contributed by atoms with Gasteiger partial charge in [-0.2, -0.15) is 0 Å². The van der Waals surface area contributed by atoms with Gasteiger partial charge in [-0.3, -0.25) is 0 Å². The van der Waals surface area contributed by atoms with E-state index >= 15 is 0 Å². The van der Waals surface area contributed by atoms with Gasteiger partial charge in [-0.15, -0.1) is 11.6 Å². The van der Waals surface area contributed by atoms with Crippen molar-refractivity contribution in [1.29, 1.82) is 0 Å². The zero-order chi connectivity index (χ0) is 8.27. The molecule has 1 rings (SSSR count). The van der Waals surface area contributed by atoms with Gasteiger partial charge < -0.3 is 14.3 Å². The molecule has 1 atom stereocenters. The lowest BCUT2D eigenvalue weighted by Gasteiger charge is -2.01. The van der Waals surface area contributed by atoms with Crippen LogP contribution < -0.4 is 0 Å². The zero-order valence-electron chi connectivity index (χ0n) is 5.95. The average Bonchev–Trinajstić information content (AvgIpc) is 2.50. The maximum absolute atomic E-state index is 9.05. The Kier molecular flexibility index (Phi) is 2.87. The number of aliphatic hydroxyl groups excluding tert-OH is 1. The van der Waals surface area contributed by atoms with E-state index in [1.165, 1.54) is 13.4 Å². The van der Waals surface area contributed by atoms with Crippen LogP contribution in [0.25, 0.3) is 0 Å². The molecule has 0 bridgehead atoms. The number of aliphatic hydroxyl groups is 1. The summed E-state index contributed by atoms with van der Waals surface area (Å²) in [6.45, 7) is 0. The van der Waals surface area contributed by atoms with E-state index in [0.717, 1.165) is 0 Å². The highest BCUT2D eigenvalue weighted by Gasteiger charge is 2.10. The number of hydrogen-bond acceptors (Lipinski definition) is 4. The number of ether oxygens (including phenoxy) is 1. The fraction of sp³-hybridized carbons (Fsp3) is 0.500. The Morgan fingerprint density at radius 1 is 1.91 bits per heavy atom. The van der Waals surface area contributed by atoms with E-state index in [-0.39, 0.29) is 5.88 Å². The summed E-state index contributed by atoms with van der Waals surface area (Å²) in [7, 11) is 1.37. The van der Waals surface area contributed by atoms with Crippen LogP contribution in [0.3, 0.4) is 0 Å². The molecule has 0 fully saturated rings. The molecular weight excluding hydrogens is 170 g/mol. The lowest BCUT2D eigenvalue weighted by molar-refractivity contribution is -0.0799. The highest BCUT2D eigenvalue weighted by atomic mass is 35.5. The monoisotopic (exact) mass is 177 g/mol. The largest absolute Gasteiger partial charge is 0.447 e. The normalized spacial score (nSPS) is 13.4. The van der Waals surface area contributed by atoms with Crippen molar-refractivity contribution < 1.29 is 14.3 Å². The Hall–Kier alpha value is -0.580. The van der Waals surface area contributed by atoms with E-state index in [0.29, 0.717) is 11.6 Å². The van der Waals surface area contributed by atoms with E-state index in [1.807, 2.05) is 0 Å². The summed E-state index contributed by atoms with van der Waals surface area (Å²) in [4.78, 5) is 3.83. The van der Waals surface area contributed by atoms with Crippen LogP contribution >= 0.6 is 11.6 Å². The number of alkyl halides is 1. The minimum absolute atomic E-state index is 0.191. The average molecular weight is 178 g/mol. The first-order valence-electron chi connectivity index (χ1n) is 2.99. The van der Waals surface area contributed by atoms with Crippen LogP contribution in [0.4, 0.5) is 0 Å². The third kappa shape index (κ3) is 1.92. The Morgan fingerprint density at radius 2 is 2.64 bits per heavy atom. The lowest BCUT2D eigenvalue weighted by atomic mass is 10.5. The van der Waals surface area contributed by atoms with Crippen LogP contribution in [0.5, 0.6) is 0 Å². The molecule has 0 aliphatic rings. The zero-order valence-corrected chi connectivity index (χ0v) is 6.71. The van der Waals surface area contributed by atoms with E-state index in [4.69, 9.17) is 21.1 Å². The third-order valence-corrected chi connectivity index (χ3v) is 1.39. The van der Waals surface area contributed by atoms with Gasteiger partial charge in [0.05, 0.1) is 5.88 Å². The van der Waals surface area contributed by atoms with Gasteiger partial charge in [0.15, 0.2) is 0 Å². The van der Waals surface area contributed by atoms with E-state index in [1.54, 1.807) is 0 Å². The number of rotatable bonds is 3. The number of methoxy groups -OCH3 is 1. The van der Waals surface area contributed by atoms with Crippen molar-refractivity contribution in [3.05, 3.63) is 17.8 Å². The van der Waals surface area contributed by atoms with Crippen LogP contribution in [0.2, 0.25) is 0 Å². The minimum Gasteiger partial charge on any atom is -0.447 e. The number of oxazole rings is 1. The molecule has 0 amide bonds.